The van der Waals surface area contributed by atoms with Crippen molar-refractivity contribution < 1.29 is 4.74 Å². The van der Waals surface area contributed by atoms with Crippen LogP contribution in [0.25, 0.3) is 0 Å². The Hall–Kier alpha value is -1.55. The molecule has 2 N–H and O–H groups in total. The van der Waals surface area contributed by atoms with Crippen LogP contribution in [0.15, 0.2) is 42.5 Å². The Bertz CT molecular complexity index is 674. The van der Waals surface area contributed by atoms with Gasteiger partial charge in [-0.2, -0.15) is 0 Å². The van der Waals surface area contributed by atoms with Crippen LogP contribution in [0.5, 0.6) is 5.75 Å². The highest BCUT2D eigenvalue weighted by Gasteiger charge is 2.31. The van der Waals surface area contributed by atoms with Crippen molar-refractivity contribution in [2.24, 2.45) is 5.73 Å². The molecule has 0 bridgehead atoms. The number of nitrogens with two attached hydrogens (primary N) is 1. The number of ether oxygens (including phenoxy) is 1. The second-order valence-electron chi connectivity index (χ2n) is 5.79. The highest BCUT2D eigenvalue weighted by atomic mass is 35.5. The molecule has 0 spiro atoms. The van der Waals surface area contributed by atoms with Crippen molar-refractivity contribution in [1.82, 2.24) is 4.90 Å². The van der Waals surface area contributed by atoms with Crippen LogP contribution in [0.1, 0.15) is 28.7 Å². The number of fused-ring (bicyclic) bond motifs is 1. The van der Waals surface area contributed by atoms with Gasteiger partial charge < -0.3 is 10.5 Å². The number of hydrogen-bond donors (Lipinski definition) is 1. The van der Waals surface area contributed by atoms with Gasteiger partial charge in [-0.1, -0.05) is 29.8 Å². The first kappa shape index (κ1) is 15.3. The first-order valence-electron chi connectivity index (χ1n) is 7.47. The predicted molar refractivity (Wildman–Crippen MR) is 90.7 cm³/mol. The lowest BCUT2D eigenvalue weighted by atomic mass is 9.81. The molecule has 2 unspecified atom stereocenters. The molecule has 3 nitrogen and oxygen atoms in total. The Morgan fingerprint density at radius 1 is 1.23 bits per heavy atom. The fourth-order valence-corrected chi connectivity index (χ4v) is 3.53. The van der Waals surface area contributed by atoms with E-state index in [0.717, 1.165) is 17.3 Å². The largest absolute Gasteiger partial charge is 0.497 e. The number of likely N-dealkylation sites (N-methyl/N-ethyl adjacent to an activating group) is 1. The van der Waals surface area contributed by atoms with Gasteiger partial charge in [0, 0.05) is 30.1 Å². The van der Waals surface area contributed by atoms with E-state index in [1.165, 1.54) is 16.7 Å². The van der Waals surface area contributed by atoms with Crippen molar-refractivity contribution in [3.05, 3.63) is 64.2 Å². The van der Waals surface area contributed by atoms with Gasteiger partial charge in [-0.05, 0) is 48.0 Å². The molecule has 2 aromatic rings. The van der Waals surface area contributed by atoms with Crippen LogP contribution in [-0.2, 0) is 0 Å². The fourth-order valence-electron chi connectivity index (χ4n) is 3.35. The van der Waals surface area contributed by atoms with Crippen molar-refractivity contribution in [1.29, 1.82) is 0 Å². The van der Waals surface area contributed by atoms with Gasteiger partial charge in [0.05, 0.1) is 7.11 Å². The number of benzene rings is 2. The molecule has 1 aliphatic heterocycles. The quantitative estimate of drug-likeness (QED) is 0.943. The van der Waals surface area contributed by atoms with E-state index in [-0.39, 0.29) is 6.04 Å². The molecule has 0 amide bonds. The maximum Gasteiger partial charge on any atom is 0.119 e. The summed E-state index contributed by atoms with van der Waals surface area (Å²) in [5.74, 6) is 1.19. The van der Waals surface area contributed by atoms with E-state index in [4.69, 9.17) is 22.1 Å². The van der Waals surface area contributed by atoms with Crippen LogP contribution in [0, 0.1) is 0 Å². The molecule has 22 heavy (non-hydrogen) atoms. The molecule has 0 saturated heterocycles. The van der Waals surface area contributed by atoms with E-state index >= 15 is 0 Å². The van der Waals surface area contributed by atoms with Gasteiger partial charge in [0.15, 0.2) is 0 Å². The molecule has 1 aliphatic rings. The lowest BCUT2D eigenvalue weighted by Gasteiger charge is -2.39. The predicted octanol–water partition coefficient (Wildman–Crippen LogP) is 3.43. The smallest absolute Gasteiger partial charge is 0.119 e. The Kier molecular flexibility index (Phi) is 4.39. The number of nitrogens with zero attached hydrogens (tertiary/aromatic N) is 1. The van der Waals surface area contributed by atoms with Crippen molar-refractivity contribution in [3.63, 3.8) is 0 Å². The third-order valence-corrected chi connectivity index (χ3v) is 4.74. The Labute approximate surface area is 136 Å². The van der Waals surface area contributed by atoms with Crippen LogP contribution < -0.4 is 10.5 Å². The van der Waals surface area contributed by atoms with E-state index in [9.17, 15) is 0 Å². The van der Waals surface area contributed by atoms with E-state index in [0.29, 0.717) is 12.5 Å². The highest BCUT2D eigenvalue weighted by molar-refractivity contribution is 6.30. The number of rotatable bonds is 3. The van der Waals surface area contributed by atoms with Crippen LogP contribution in [0.4, 0.5) is 0 Å². The second-order valence-corrected chi connectivity index (χ2v) is 6.23. The van der Waals surface area contributed by atoms with Crippen molar-refractivity contribution in [2.75, 3.05) is 27.2 Å². The normalized spacial score (nSPS) is 21.5. The van der Waals surface area contributed by atoms with Gasteiger partial charge in [-0.25, -0.2) is 0 Å². The highest BCUT2D eigenvalue weighted by Crippen LogP contribution is 2.40. The number of methoxy groups -OCH3 is 1. The molecule has 0 aromatic heterocycles. The monoisotopic (exact) mass is 316 g/mol. The number of halogens is 1. The topological polar surface area (TPSA) is 38.5 Å². The minimum absolute atomic E-state index is 0.218. The summed E-state index contributed by atoms with van der Waals surface area (Å²) in [6.07, 6.45) is 0. The Balaban J connectivity index is 2.09. The first-order valence-corrected chi connectivity index (χ1v) is 7.85. The molecule has 0 fully saturated rings. The summed E-state index contributed by atoms with van der Waals surface area (Å²) in [6.45, 7) is 1.53. The standard InChI is InChI=1S/C18H21ClN2O/c1-21-11-17(12-4-3-5-14(8-12)22-2)15-7-6-13(19)9-16(15)18(21)10-20/h3-9,17-18H,10-11,20H2,1-2H3. The third-order valence-electron chi connectivity index (χ3n) is 4.51. The lowest BCUT2D eigenvalue weighted by Crippen LogP contribution is -2.39. The van der Waals surface area contributed by atoms with E-state index < -0.39 is 0 Å². The summed E-state index contributed by atoms with van der Waals surface area (Å²) < 4.78 is 5.37. The Morgan fingerprint density at radius 3 is 2.77 bits per heavy atom. The van der Waals surface area contributed by atoms with Crippen LogP contribution in [0.2, 0.25) is 5.02 Å². The van der Waals surface area contributed by atoms with Crippen molar-refractivity contribution >= 4 is 11.6 Å². The molecule has 1 heterocycles. The van der Waals surface area contributed by atoms with Crippen LogP contribution in [0.3, 0.4) is 0 Å². The van der Waals surface area contributed by atoms with Crippen LogP contribution in [-0.4, -0.2) is 32.1 Å². The fraction of sp³-hybridized carbons (Fsp3) is 0.333. The second kappa shape index (κ2) is 6.29. The molecule has 116 valence electrons. The summed E-state index contributed by atoms with van der Waals surface area (Å²) >= 11 is 6.21. The molecule has 4 heteroatoms. The Morgan fingerprint density at radius 2 is 2.05 bits per heavy atom. The zero-order valence-corrected chi connectivity index (χ0v) is 13.7. The van der Waals surface area contributed by atoms with Gasteiger partial charge >= 0.3 is 0 Å². The minimum atomic E-state index is 0.218. The first-order chi connectivity index (χ1) is 10.6. The zero-order chi connectivity index (χ0) is 15.7. The molecule has 0 aliphatic carbocycles. The molecular formula is C18H21ClN2O. The summed E-state index contributed by atoms with van der Waals surface area (Å²) in [7, 11) is 3.82. The zero-order valence-electron chi connectivity index (χ0n) is 12.9. The van der Waals surface area contributed by atoms with Gasteiger partial charge in [-0.15, -0.1) is 0 Å². The summed E-state index contributed by atoms with van der Waals surface area (Å²) in [6, 6.07) is 14.7. The average molecular weight is 317 g/mol. The summed E-state index contributed by atoms with van der Waals surface area (Å²) in [5, 5.41) is 0.761. The van der Waals surface area contributed by atoms with Crippen molar-refractivity contribution in [2.45, 2.75) is 12.0 Å². The summed E-state index contributed by atoms with van der Waals surface area (Å²) in [4.78, 5) is 2.31. The van der Waals surface area contributed by atoms with Gasteiger partial charge in [0.1, 0.15) is 5.75 Å². The molecule has 0 saturated carbocycles. The lowest BCUT2D eigenvalue weighted by molar-refractivity contribution is 0.223. The van der Waals surface area contributed by atoms with Crippen molar-refractivity contribution in [3.8, 4) is 5.75 Å². The maximum atomic E-state index is 6.21. The van der Waals surface area contributed by atoms with Gasteiger partial charge in [0.25, 0.3) is 0 Å². The van der Waals surface area contributed by atoms with Gasteiger partial charge in [0.2, 0.25) is 0 Å². The average Bonchev–Trinajstić information content (AvgIpc) is 2.54. The molecule has 0 radical (unpaired) electrons. The molecular weight excluding hydrogens is 296 g/mol. The van der Waals surface area contributed by atoms with E-state index in [1.54, 1.807) is 7.11 Å². The molecule has 3 rings (SSSR count). The van der Waals surface area contributed by atoms with E-state index in [2.05, 4.69) is 36.2 Å². The van der Waals surface area contributed by atoms with Crippen LogP contribution >= 0.6 is 11.6 Å². The minimum Gasteiger partial charge on any atom is -0.497 e. The number of hydrogen-bond acceptors (Lipinski definition) is 3. The SMILES string of the molecule is COc1cccc(C2CN(C)C(CN)c3cc(Cl)ccc32)c1. The molecule has 2 atom stereocenters. The summed E-state index contributed by atoms with van der Waals surface area (Å²) in [5.41, 5.74) is 9.78. The third kappa shape index (κ3) is 2.72. The van der Waals surface area contributed by atoms with Gasteiger partial charge in [-0.3, -0.25) is 4.90 Å². The maximum absolute atomic E-state index is 6.21. The molecule has 2 aromatic carbocycles. The van der Waals surface area contributed by atoms with E-state index in [1.807, 2.05) is 18.2 Å².